The van der Waals surface area contributed by atoms with Crippen LogP contribution in [0.4, 0.5) is 0 Å². The van der Waals surface area contributed by atoms with E-state index in [1.165, 1.54) is 0 Å². The van der Waals surface area contributed by atoms with Crippen LogP contribution in [0.25, 0.3) is 0 Å². The Balaban J connectivity index is 3.10. The van der Waals surface area contributed by atoms with Gasteiger partial charge in [0.25, 0.3) is 5.56 Å². The molecule has 1 aliphatic carbocycles. The molecule has 0 unspecified atom stereocenters. The number of carbonyl (C=O) groups is 4. The minimum Gasteiger partial charge on any atom is -0.465 e. The van der Waals surface area contributed by atoms with E-state index in [2.05, 4.69) is 0 Å². The van der Waals surface area contributed by atoms with Crippen molar-refractivity contribution < 1.29 is 38.1 Å². The Bertz CT molecular complexity index is 1070. The third-order valence-corrected chi connectivity index (χ3v) is 7.07. The Hall–Kier alpha value is -3.17. The van der Waals surface area contributed by atoms with Crippen LogP contribution in [0.15, 0.2) is 4.79 Å². The molecule has 1 aromatic rings. The van der Waals surface area contributed by atoms with Gasteiger partial charge in [-0.05, 0) is 59.1 Å². The summed E-state index contributed by atoms with van der Waals surface area (Å²) >= 11 is 0. The highest BCUT2D eigenvalue weighted by molar-refractivity contribution is 6.15. The van der Waals surface area contributed by atoms with E-state index < -0.39 is 47.5 Å². The van der Waals surface area contributed by atoms with Gasteiger partial charge in [0.2, 0.25) is 0 Å². The van der Waals surface area contributed by atoms with E-state index in [9.17, 15) is 24.0 Å². The number of rotatable bonds is 11. The van der Waals surface area contributed by atoms with Gasteiger partial charge in [-0.25, -0.2) is 0 Å². The first-order valence-electron chi connectivity index (χ1n) is 13.0. The summed E-state index contributed by atoms with van der Waals surface area (Å²) in [6.07, 6.45) is 0.757. The molecule has 0 atom stereocenters. The highest BCUT2D eigenvalue weighted by Crippen LogP contribution is 2.53. The molecular weight excluding hydrogens is 482 g/mol. The second kappa shape index (κ2) is 12.4. The van der Waals surface area contributed by atoms with Gasteiger partial charge >= 0.3 is 23.9 Å². The van der Waals surface area contributed by atoms with Crippen molar-refractivity contribution in [3.05, 3.63) is 32.7 Å². The van der Waals surface area contributed by atoms with Crippen molar-refractivity contribution in [2.45, 2.75) is 80.7 Å². The molecule has 10 nitrogen and oxygen atoms in total. The van der Waals surface area contributed by atoms with Gasteiger partial charge in [0.1, 0.15) is 0 Å². The molecule has 0 amide bonds. The van der Waals surface area contributed by atoms with Crippen molar-refractivity contribution in [3.8, 4) is 0 Å². The van der Waals surface area contributed by atoms with Gasteiger partial charge in [-0.15, -0.1) is 0 Å². The minimum absolute atomic E-state index is 0.109. The lowest BCUT2D eigenvalue weighted by Gasteiger charge is -2.46. The lowest BCUT2D eigenvalue weighted by molar-refractivity contribution is -0.204. The fourth-order valence-corrected chi connectivity index (χ4v) is 5.15. The SMILES string of the molecule is CCCCn1c(C)c2c(c(C)c1=O)CC(C(=O)OCC)(C(=O)OCC)C(C(=O)OCC)(C(=O)OCC)C2. The van der Waals surface area contributed by atoms with Crippen LogP contribution in [0.3, 0.4) is 0 Å². The van der Waals surface area contributed by atoms with Crippen molar-refractivity contribution in [3.63, 3.8) is 0 Å². The highest BCUT2D eigenvalue weighted by Gasteiger charge is 2.75. The number of hydrogen-bond donors (Lipinski definition) is 0. The molecule has 206 valence electrons. The zero-order chi connectivity index (χ0) is 28.0. The standard InChI is InChI=1S/C27H39NO9/c1-8-13-14-28-18(7)20-16-27(24(32)36-11-4,25(33)37-12-5)26(22(30)34-9-2,23(31)35-10-3)15-19(20)17(6)21(28)29/h8-16H2,1-7H3. The van der Waals surface area contributed by atoms with E-state index in [1.807, 2.05) is 6.92 Å². The molecule has 10 heteroatoms. The Morgan fingerprint density at radius 3 is 1.43 bits per heavy atom. The molecule has 0 saturated carbocycles. The number of ether oxygens (including phenoxy) is 4. The maximum Gasteiger partial charge on any atom is 0.325 e. The first-order valence-corrected chi connectivity index (χ1v) is 13.0. The number of carbonyl (C=O) groups excluding carboxylic acids is 4. The Morgan fingerprint density at radius 2 is 1.08 bits per heavy atom. The van der Waals surface area contributed by atoms with Gasteiger partial charge in [0.05, 0.1) is 26.4 Å². The van der Waals surface area contributed by atoms with Crippen LogP contribution < -0.4 is 5.56 Å². The van der Waals surface area contributed by atoms with E-state index in [0.29, 0.717) is 28.9 Å². The third kappa shape index (κ3) is 4.90. The quantitative estimate of drug-likeness (QED) is 0.245. The molecule has 1 aliphatic rings. The van der Waals surface area contributed by atoms with Crippen LogP contribution in [0, 0.1) is 24.7 Å². The van der Waals surface area contributed by atoms with E-state index in [0.717, 1.165) is 12.8 Å². The summed E-state index contributed by atoms with van der Waals surface area (Å²) in [5.41, 5.74) is -3.31. The normalized spacial score (nSPS) is 15.3. The molecule has 37 heavy (non-hydrogen) atoms. The summed E-state index contributed by atoms with van der Waals surface area (Å²) in [5.74, 6) is -4.37. The third-order valence-electron chi connectivity index (χ3n) is 7.07. The summed E-state index contributed by atoms with van der Waals surface area (Å²) in [5, 5.41) is 0. The molecule has 1 aromatic heterocycles. The summed E-state index contributed by atoms with van der Waals surface area (Å²) < 4.78 is 22.9. The second-order valence-electron chi connectivity index (χ2n) is 9.02. The van der Waals surface area contributed by atoms with Crippen LogP contribution in [-0.2, 0) is 57.5 Å². The van der Waals surface area contributed by atoms with Gasteiger partial charge in [0.15, 0.2) is 10.8 Å². The first kappa shape index (κ1) is 30.1. The molecule has 0 aliphatic heterocycles. The lowest BCUT2D eigenvalue weighted by Crippen LogP contribution is -2.66. The Labute approximate surface area is 217 Å². The van der Waals surface area contributed by atoms with Crippen LogP contribution in [0.2, 0.25) is 0 Å². The lowest BCUT2D eigenvalue weighted by atomic mass is 9.53. The molecule has 0 N–H and O–H groups in total. The van der Waals surface area contributed by atoms with E-state index in [1.54, 1.807) is 46.1 Å². The maximum atomic E-state index is 13.8. The number of unbranched alkanes of at least 4 members (excludes halogenated alkanes) is 1. The predicted octanol–water partition coefficient (Wildman–Crippen LogP) is 2.59. The van der Waals surface area contributed by atoms with Gasteiger partial charge < -0.3 is 23.5 Å². The van der Waals surface area contributed by atoms with Crippen LogP contribution in [0.5, 0.6) is 0 Å². The maximum absolute atomic E-state index is 13.8. The van der Waals surface area contributed by atoms with Crippen molar-refractivity contribution >= 4 is 23.9 Å². The summed E-state index contributed by atoms with van der Waals surface area (Å²) in [7, 11) is 0. The zero-order valence-electron chi connectivity index (χ0n) is 23.0. The van der Waals surface area contributed by atoms with Crippen molar-refractivity contribution in [2.75, 3.05) is 26.4 Å². The number of pyridine rings is 1. The molecule has 1 heterocycles. The molecule has 0 radical (unpaired) electrons. The largest absolute Gasteiger partial charge is 0.465 e. The van der Waals surface area contributed by atoms with Crippen molar-refractivity contribution in [1.29, 1.82) is 0 Å². The molecule has 0 saturated heterocycles. The monoisotopic (exact) mass is 521 g/mol. The van der Waals surface area contributed by atoms with Crippen molar-refractivity contribution in [1.82, 2.24) is 4.57 Å². The summed E-state index contributed by atoms with van der Waals surface area (Å²) in [4.78, 5) is 68.4. The van der Waals surface area contributed by atoms with Crippen LogP contribution in [0.1, 0.15) is 69.8 Å². The molecule has 2 rings (SSSR count). The summed E-state index contributed by atoms with van der Waals surface area (Å²) in [6, 6.07) is 0. The predicted molar refractivity (Wildman–Crippen MR) is 134 cm³/mol. The van der Waals surface area contributed by atoms with E-state index >= 15 is 0 Å². The molecular formula is C27H39NO9. The Morgan fingerprint density at radius 1 is 0.703 bits per heavy atom. The first-order chi connectivity index (χ1) is 17.5. The summed E-state index contributed by atoms with van der Waals surface area (Å²) in [6.45, 7) is 11.6. The van der Waals surface area contributed by atoms with Gasteiger partial charge in [0, 0.05) is 30.6 Å². The number of fused-ring (bicyclic) bond motifs is 1. The topological polar surface area (TPSA) is 127 Å². The van der Waals surface area contributed by atoms with E-state index in [-0.39, 0.29) is 32.0 Å². The molecule has 0 aromatic carbocycles. The molecule has 0 bridgehead atoms. The fourth-order valence-electron chi connectivity index (χ4n) is 5.15. The second-order valence-corrected chi connectivity index (χ2v) is 9.02. The van der Waals surface area contributed by atoms with Crippen LogP contribution >= 0.6 is 0 Å². The van der Waals surface area contributed by atoms with Crippen LogP contribution in [-0.4, -0.2) is 54.9 Å². The van der Waals surface area contributed by atoms with Gasteiger partial charge in [-0.2, -0.15) is 0 Å². The minimum atomic E-state index is -2.45. The molecule has 0 fully saturated rings. The van der Waals surface area contributed by atoms with Gasteiger partial charge in [-0.3, -0.25) is 24.0 Å². The van der Waals surface area contributed by atoms with E-state index in [4.69, 9.17) is 18.9 Å². The average Bonchev–Trinajstić information content (AvgIpc) is 2.86. The fraction of sp³-hybridized carbons (Fsp3) is 0.667. The Kier molecular flexibility index (Phi) is 10.1. The van der Waals surface area contributed by atoms with Gasteiger partial charge in [-0.1, -0.05) is 13.3 Å². The average molecular weight is 522 g/mol. The highest BCUT2D eigenvalue weighted by atomic mass is 16.6. The zero-order valence-corrected chi connectivity index (χ0v) is 23.0. The number of nitrogens with zero attached hydrogens (tertiary/aromatic N) is 1. The number of hydrogen-bond acceptors (Lipinski definition) is 9. The van der Waals surface area contributed by atoms with Crippen molar-refractivity contribution in [2.24, 2.45) is 10.8 Å². The number of esters is 4. The number of aromatic nitrogens is 1. The molecule has 0 spiro atoms. The smallest absolute Gasteiger partial charge is 0.325 e.